The van der Waals surface area contributed by atoms with Crippen molar-refractivity contribution in [3.63, 3.8) is 0 Å². The zero-order chi connectivity index (χ0) is 13.8. The molecule has 0 atom stereocenters. The van der Waals surface area contributed by atoms with Crippen LogP contribution in [0.15, 0.2) is 18.2 Å². The summed E-state index contributed by atoms with van der Waals surface area (Å²) in [6, 6.07) is 4.27. The lowest BCUT2D eigenvalue weighted by atomic mass is 9.97. The molecule has 0 unspecified atom stereocenters. The lowest BCUT2D eigenvalue weighted by Crippen LogP contribution is -2.21. The fraction of sp³-hybridized carbons (Fsp3) is 0.500. The molecule has 1 fully saturated rings. The van der Waals surface area contributed by atoms with Crippen molar-refractivity contribution >= 4 is 11.7 Å². The van der Waals surface area contributed by atoms with Crippen molar-refractivity contribution in [2.75, 3.05) is 0 Å². The average Bonchev–Trinajstić information content (AvgIpc) is 2.40. The number of nitro benzene ring substituents is 1. The van der Waals surface area contributed by atoms with E-state index in [2.05, 4.69) is 0 Å². The molecule has 5 nitrogen and oxygen atoms in total. The molecule has 1 aromatic rings. The minimum absolute atomic E-state index is 0.0417. The van der Waals surface area contributed by atoms with Crippen LogP contribution in [0.2, 0.25) is 0 Å². The predicted octanol–water partition coefficient (Wildman–Crippen LogP) is 3.39. The minimum Gasteiger partial charge on any atom is -0.459 e. The minimum atomic E-state index is -0.503. The molecular formula is C14H17NO4. The van der Waals surface area contributed by atoms with Gasteiger partial charge in [0.05, 0.1) is 10.5 Å². The van der Waals surface area contributed by atoms with Crippen molar-refractivity contribution < 1.29 is 14.5 Å². The summed E-state index contributed by atoms with van der Waals surface area (Å²) in [6.07, 6.45) is 5.07. The van der Waals surface area contributed by atoms with E-state index in [-0.39, 0.29) is 11.8 Å². The van der Waals surface area contributed by atoms with E-state index in [4.69, 9.17) is 4.74 Å². The van der Waals surface area contributed by atoms with Crippen LogP contribution in [-0.2, 0) is 4.74 Å². The van der Waals surface area contributed by atoms with Gasteiger partial charge in [-0.05, 0) is 38.2 Å². The second kappa shape index (κ2) is 5.82. The van der Waals surface area contributed by atoms with Crippen LogP contribution in [0, 0.1) is 17.0 Å². The summed E-state index contributed by atoms with van der Waals surface area (Å²) in [4.78, 5) is 22.3. The van der Waals surface area contributed by atoms with E-state index >= 15 is 0 Å². The molecule has 0 amide bonds. The number of rotatable bonds is 3. The third-order valence-corrected chi connectivity index (χ3v) is 3.48. The molecule has 2 rings (SSSR count). The topological polar surface area (TPSA) is 69.4 Å². The smallest absolute Gasteiger partial charge is 0.338 e. The summed E-state index contributed by atoms with van der Waals surface area (Å²) in [7, 11) is 0. The Morgan fingerprint density at radius 1 is 1.32 bits per heavy atom. The number of hydrogen-bond donors (Lipinski definition) is 0. The summed E-state index contributed by atoms with van der Waals surface area (Å²) in [5, 5.41) is 10.7. The Kier molecular flexibility index (Phi) is 4.14. The third-order valence-electron chi connectivity index (χ3n) is 3.48. The fourth-order valence-electron chi connectivity index (χ4n) is 2.34. The Morgan fingerprint density at radius 2 is 2.00 bits per heavy atom. The largest absolute Gasteiger partial charge is 0.459 e. The summed E-state index contributed by atoms with van der Waals surface area (Å²) >= 11 is 0. The number of carbonyl (C=O) groups excluding carboxylic acids is 1. The first-order valence-electron chi connectivity index (χ1n) is 6.54. The van der Waals surface area contributed by atoms with Gasteiger partial charge in [-0.15, -0.1) is 0 Å². The molecule has 5 heteroatoms. The first-order chi connectivity index (χ1) is 9.08. The average molecular weight is 263 g/mol. The van der Waals surface area contributed by atoms with Gasteiger partial charge in [-0.2, -0.15) is 0 Å². The van der Waals surface area contributed by atoms with Crippen molar-refractivity contribution in [2.45, 2.75) is 45.1 Å². The highest BCUT2D eigenvalue weighted by atomic mass is 16.6. The standard InChI is InChI=1S/C14H17NO4/c1-10-7-8-11(15(17)18)9-13(10)14(16)19-12-5-3-2-4-6-12/h7-9,12H,2-6H2,1H3. The first kappa shape index (κ1) is 13.5. The van der Waals surface area contributed by atoms with E-state index < -0.39 is 10.9 Å². The molecule has 0 aliphatic heterocycles. The number of benzene rings is 1. The summed E-state index contributed by atoms with van der Waals surface area (Å²) in [6.45, 7) is 1.75. The van der Waals surface area contributed by atoms with Gasteiger partial charge in [0.1, 0.15) is 6.10 Å². The molecule has 0 saturated heterocycles. The number of esters is 1. The van der Waals surface area contributed by atoms with Crippen LogP contribution in [-0.4, -0.2) is 17.0 Å². The molecule has 1 saturated carbocycles. The number of aryl methyl sites for hydroxylation is 1. The molecule has 102 valence electrons. The Morgan fingerprint density at radius 3 is 2.63 bits per heavy atom. The Labute approximate surface area is 111 Å². The Bertz CT molecular complexity index is 492. The molecule has 19 heavy (non-hydrogen) atoms. The van der Waals surface area contributed by atoms with Crippen molar-refractivity contribution in [1.82, 2.24) is 0 Å². The van der Waals surface area contributed by atoms with Gasteiger partial charge in [-0.1, -0.05) is 12.5 Å². The maximum absolute atomic E-state index is 12.1. The van der Waals surface area contributed by atoms with Crippen LogP contribution < -0.4 is 0 Å². The van der Waals surface area contributed by atoms with Gasteiger partial charge in [-0.3, -0.25) is 10.1 Å². The van der Waals surface area contributed by atoms with E-state index in [0.717, 1.165) is 25.7 Å². The SMILES string of the molecule is Cc1ccc([N+](=O)[O-])cc1C(=O)OC1CCCCC1. The number of carbonyl (C=O) groups is 1. The van der Waals surface area contributed by atoms with Crippen molar-refractivity contribution in [3.05, 3.63) is 39.4 Å². The second-order valence-electron chi connectivity index (χ2n) is 4.92. The quantitative estimate of drug-likeness (QED) is 0.476. The van der Waals surface area contributed by atoms with E-state index in [9.17, 15) is 14.9 Å². The highest BCUT2D eigenvalue weighted by Crippen LogP contribution is 2.23. The molecule has 0 bridgehead atoms. The normalized spacial score (nSPS) is 16.1. The van der Waals surface area contributed by atoms with Crippen molar-refractivity contribution in [3.8, 4) is 0 Å². The van der Waals surface area contributed by atoms with Gasteiger partial charge >= 0.3 is 5.97 Å². The number of nitrogens with zero attached hydrogens (tertiary/aromatic N) is 1. The summed E-state index contributed by atoms with van der Waals surface area (Å²) < 4.78 is 5.43. The Balaban J connectivity index is 2.13. The second-order valence-corrected chi connectivity index (χ2v) is 4.92. The van der Waals surface area contributed by atoms with E-state index in [1.54, 1.807) is 13.0 Å². The Hall–Kier alpha value is -1.91. The number of nitro groups is 1. The maximum Gasteiger partial charge on any atom is 0.338 e. The zero-order valence-corrected chi connectivity index (χ0v) is 10.9. The third kappa shape index (κ3) is 3.30. The number of hydrogen-bond acceptors (Lipinski definition) is 4. The molecule has 0 spiro atoms. The van der Waals surface area contributed by atoms with Crippen LogP contribution in [0.5, 0.6) is 0 Å². The predicted molar refractivity (Wildman–Crippen MR) is 70.1 cm³/mol. The molecule has 1 aromatic carbocycles. The highest BCUT2D eigenvalue weighted by molar-refractivity contribution is 5.91. The van der Waals surface area contributed by atoms with Crippen LogP contribution >= 0.6 is 0 Å². The fourth-order valence-corrected chi connectivity index (χ4v) is 2.34. The molecule has 1 aliphatic carbocycles. The lowest BCUT2D eigenvalue weighted by molar-refractivity contribution is -0.384. The van der Waals surface area contributed by atoms with Gasteiger partial charge in [0, 0.05) is 12.1 Å². The molecular weight excluding hydrogens is 246 g/mol. The number of non-ortho nitro benzene ring substituents is 1. The van der Waals surface area contributed by atoms with E-state index in [1.807, 2.05) is 0 Å². The zero-order valence-electron chi connectivity index (χ0n) is 10.9. The van der Waals surface area contributed by atoms with Crippen LogP contribution in [0.1, 0.15) is 48.0 Å². The molecule has 1 aliphatic rings. The van der Waals surface area contributed by atoms with Crippen LogP contribution in [0.25, 0.3) is 0 Å². The van der Waals surface area contributed by atoms with Gasteiger partial charge in [0.2, 0.25) is 0 Å². The van der Waals surface area contributed by atoms with Crippen LogP contribution in [0.4, 0.5) is 5.69 Å². The summed E-state index contributed by atoms with van der Waals surface area (Å²) in [5.41, 5.74) is 0.910. The first-order valence-corrected chi connectivity index (χ1v) is 6.54. The molecule has 0 heterocycles. The lowest BCUT2D eigenvalue weighted by Gasteiger charge is -2.22. The van der Waals surface area contributed by atoms with E-state index in [0.29, 0.717) is 11.1 Å². The van der Waals surface area contributed by atoms with Gasteiger partial charge in [-0.25, -0.2) is 4.79 Å². The van der Waals surface area contributed by atoms with Gasteiger partial charge < -0.3 is 4.74 Å². The van der Waals surface area contributed by atoms with E-state index in [1.165, 1.54) is 18.6 Å². The monoisotopic (exact) mass is 263 g/mol. The maximum atomic E-state index is 12.1. The molecule has 0 radical (unpaired) electrons. The summed E-state index contributed by atoms with van der Waals surface area (Å²) in [5.74, 6) is -0.451. The molecule has 0 N–H and O–H groups in total. The van der Waals surface area contributed by atoms with Crippen LogP contribution in [0.3, 0.4) is 0 Å². The van der Waals surface area contributed by atoms with Gasteiger partial charge in [0.25, 0.3) is 5.69 Å². The van der Waals surface area contributed by atoms with Crippen molar-refractivity contribution in [1.29, 1.82) is 0 Å². The number of ether oxygens (including phenoxy) is 1. The molecule has 0 aromatic heterocycles. The highest BCUT2D eigenvalue weighted by Gasteiger charge is 2.21. The van der Waals surface area contributed by atoms with Gasteiger partial charge in [0.15, 0.2) is 0 Å². The van der Waals surface area contributed by atoms with Crippen molar-refractivity contribution in [2.24, 2.45) is 0 Å².